The van der Waals surface area contributed by atoms with Gasteiger partial charge in [-0.15, -0.1) is 0 Å². The fraction of sp³-hybridized carbons (Fsp3) is 0.675. The van der Waals surface area contributed by atoms with Crippen LogP contribution in [0, 0.1) is 17.8 Å². The second-order valence-electron chi connectivity index (χ2n) is 16.4. The Morgan fingerprint density at radius 1 is 0.661 bits per heavy atom. The van der Waals surface area contributed by atoms with E-state index in [0.717, 1.165) is 5.56 Å². The van der Waals surface area contributed by atoms with Gasteiger partial charge in [-0.2, -0.15) is 0 Å². The van der Waals surface area contributed by atoms with Crippen molar-refractivity contribution in [2.24, 2.45) is 17.8 Å². The maximum atomic E-state index is 13.3. The van der Waals surface area contributed by atoms with E-state index in [1.54, 1.807) is 58.9 Å². The number of hydrogen-bond donors (Lipinski definition) is 7. The number of hydrogen-bond acceptors (Lipinski definition) is 10. The van der Waals surface area contributed by atoms with Crippen molar-refractivity contribution in [1.82, 2.24) is 31.9 Å². The smallest absolute Gasteiger partial charge is 0.408 e. The molecule has 16 heteroatoms. The molecule has 7 N–H and O–H groups in total. The molecule has 0 aliphatic heterocycles. The predicted molar refractivity (Wildman–Crippen MR) is 211 cm³/mol. The third-order valence-electron chi connectivity index (χ3n) is 8.48. The summed E-state index contributed by atoms with van der Waals surface area (Å²) in [6.07, 6.45) is -1.88. The number of aliphatic hydroxyl groups is 1. The van der Waals surface area contributed by atoms with Gasteiger partial charge in [-0.3, -0.25) is 24.0 Å². The number of amides is 6. The van der Waals surface area contributed by atoms with E-state index in [0.29, 0.717) is 6.42 Å². The van der Waals surface area contributed by atoms with Crippen LogP contribution < -0.4 is 31.9 Å². The summed E-state index contributed by atoms with van der Waals surface area (Å²) in [6.45, 7) is 18.9. The minimum atomic E-state index is -1.36. The maximum Gasteiger partial charge on any atom is 0.408 e. The summed E-state index contributed by atoms with van der Waals surface area (Å²) in [7, 11) is 1.23. The average Bonchev–Trinajstić information content (AvgIpc) is 3.08. The highest BCUT2D eigenvalue weighted by atomic mass is 16.6. The first-order valence-electron chi connectivity index (χ1n) is 19.2. The largest absolute Gasteiger partial charge is 0.467 e. The topological polar surface area (TPSA) is 230 Å². The predicted octanol–water partition coefficient (Wildman–Crippen LogP) is 2.26. The zero-order valence-corrected chi connectivity index (χ0v) is 35.1. The van der Waals surface area contributed by atoms with Crippen molar-refractivity contribution in [3.05, 3.63) is 35.9 Å². The van der Waals surface area contributed by atoms with Gasteiger partial charge in [0.2, 0.25) is 29.5 Å². The molecule has 0 bridgehead atoms. The number of carbonyl (C=O) groups is 7. The van der Waals surface area contributed by atoms with Gasteiger partial charge in [-0.25, -0.2) is 9.59 Å². The minimum absolute atomic E-state index is 0.0123. The van der Waals surface area contributed by atoms with Crippen molar-refractivity contribution < 1.29 is 48.1 Å². The zero-order valence-electron chi connectivity index (χ0n) is 35.1. The number of nitrogens with one attached hydrogen (secondary N) is 6. The Labute approximate surface area is 331 Å². The molecular formula is C40H66N6O10. The molecule has 6 amide bonds. The fourth-order valence-corrected chi connectivity index (χ4v) is 5.61. The Kier molecular flexibility index (Phi) is 20.6. The Morgan fingerprint density at radius 3 is 1.70 bits per heavy atom. The van der Waals surface area contributed by atoms with Crippen molar-refractivity contribution in [3.63, 3.8) is 0 Å². The number of carbonyl (C=O) groups excluding carboxylic acids is 7. The van der Waals surface area contributed by atoms with Gasteiger partial charge >= 0.3 is 12.1 Å². The summed E-state index contributed by atoms with van der Waals surface area (Å²) in [6, 6.07) is 2.87. The van der Waals surface area contributed by atoms with Crippen molar-refractivity contribution >= 4 is 41.6 Å². The molecule has 0 aliphatic rings. The normalized spacial score (nSPS) is 15.3. The summed E-state index contributed by atoms with van der Waals surface area (Å²) in [5.41, 5.74) is -0.0453. The molecule has 0 radical (unpaired) electrons. The molecule has 1 rings (SSSR count). The van der Waals surface area contributed by atoms with Gasteiger partial charge in [0, 0.05) is 6.42 Å². The third-order valence-corrected chi connectivity index (χ3v) is 8.48. The Hall–Kier alpha value is -4.73. The van der Waals surface area contributed by atoms with Gasteiger partial charge in [-0.05, 0) is 70.8 Å². The number of rotatable bonds is 21. The monoisotopic (exact) mass is 790 g/mol. The maximum absolute atomic E-state index is 13.3. The summed E-state index contributed by atoms with van der Waals surface area (Å²) in [5, 5.41) is 26.9. The first-order chi connectivity index (χ1) is 25.9. The first-order valence-corrected chi connectivity index (χ1v) is 19.2. The molecule has 316 valence electrons. The first kappa shape index (κ1) is 49.3. The molecule has 0 heterocycles. The molecular weight excluding hydrogens is 724 g/mol. The van der Waals surface area contributed by atoms with Crippen LogP contribution in [-0.4, -0.2) is 102 Å². The quantitative estimate of drug-likeness (QED) is 0.0899. The molecule has 1 aromatic rings. The number of esters is 1. The molecule has 0 aliphatic carbocycles. The van der Waals surface area contributed by atoms with Crippen LogP contribution in [0.5, 0.6) is 0 Å². The van der Waals surface area contributed by atoms with Gasteiger partial charge in [0.15, 0.2) is 0 Å². The van der Waals surface area contributed by atoms with Crippen LogP contribution >= 0.6 is 0 Å². The van der Waals surface area contributed by atoms with E-state index < -0.39 is 96.0 Å². The molecule has 0 unspecified atom stereocenters. The Morgan fingerprint density at radius 2 is 1.20 bits per heavy atom. The highest BCUT2D eigenvalue weighted by Crippen LogP contribution is 2.14. The Bertz CT molecular complexity index is 1460. The van der Waals surface area contributed by atoms with Gasteiger partial charge in [0.25, 0.3) is 0 Å². The highest BCUT2D eigenvalue weighted by molar-refractivity contribution is 5.94. The lowest BCUT2D eigenvalue weighted by Gasteiger charge is -2.29. The van der Waals surface area contributed by atoms with E-state index in [1.807, 2.05) is 33.8 Å². The van der Waals surface area contributed by atoms with Crippen molar-refractivity contribution in [3.8, 4) is 0 Å². The van der Waals surface area contributed by atoms with Crippen LogP contribution in [0.4, 0.5) is 4.79 Å². The van der Waals surface area contributed by atoms with Crippen LogP contribution in [-0.2, 0) is 44.7 Å². The van der Waals surface area contributed by atoms with Crippen molar-refractivity contribution in [2.45, 2.75) is 150 Å². The number of ether oxygens (including phenoxy) is 2. The number of alkyl carbamates (subject to hydrolysis) is 1. The van der Waals surface area contributed by atoms with E-state index in [9.17, 15) is 38.7 Å². The van der Waals surface area contributed by atoms with E-state index in [2.05, 4.69) is 31.9 Å². The highest BCUT2D eigenvalue weighted by Gasteiger charge is 2.33. The standard InChI is InChI=1S/C40H66N6O10/c1-22(2)18-28(31(47)21-32(48)46-33(24(5)6)37(52)44-30(19-23(3)4)38(53)55-12)43-35(50)26(8)41-34(49)25(7)42-36(51)29(20-27-16-14-13-15-17-27)45-39(54)56-40(9,10)11/h13-17,22-26,28-31,33,47H,18-21H2,1-12H3,(H,41,49)(H,42,51)(H,43,50)(H,44,52)(H,45,54)(H,46,48)/t25-,26-,28-,29-,30-,31-,33-/m0/s1. The lowest BCUT2D eigenvalue weighted by Crippen LogP contribution is -2.57. The molecule has 0 saturated carbocycles. The molecule has 0 saturated heterocycles. The second-order valence-corrected chi connectivity index (χ2v) is 16.4. The van der Waals surface area contributed by atoms with Gasteiger partial charge in [0.05, 0.1) is 25.7 Å². The lowest BCUT2D eigenvalue weighted by molar-refractivity contribution is -0.146. The number of aliphatic hydroxyl groups excluding tert-OH is 1. The van der Waals surface area contributed by atoms with Gasteiger partial charge < -0.3 is 46.5 Å². The third kappa shape index (κ3) is 18.7. The van der Waals surface area contributed by atoms with Crippen LogP contribution in [0.25, 0.3) is 0 Å². The number of benzene rings is 1. The minimum Gasteiger partial charge on any atom is -0.467 e. The molecule has 7 atom stereocenters. The average molecular weight is 791 g/mol. The van der Waals surface area contributed by atoms with Crippen LogP contribution in [0.1, 0.15) is 101 Å². The van der Waals surface area contributed by atoms with E-state index >= 15 is 0 Å². The van der Waals surface area contributed by atoms with E-state index in [4.69, 9.17) is 9.47 Å². The van der Waals surface area contributed by atoms with Crippen LogP contribution in [0.2, 0.25) is 0 Å². The molecule has 0 fully saturated rings. The van der Waals surface area contributed by atoms with E-state index in [1.165, 1.54) is 21.0 Å². The van der Waals surface area contributed by atoms with Gasteiger partial charge in [-0.1, -0.05) is 71.9 Å². The number of methoxy groups -OCH3 is 1. The summed E-state index contributed by atoms with van der Waals surface area (Å²) >= 11 is 0. The second kappa shape index (κ2) is 23.4. The molecule has 16 nitrogen and oxygen atoms in total. The van der Waals surface area contributed by atoms with Crippen LogP contribution in [0.3, 0.4) is 0 Å². The molecule has 56 heavy (non-hydrogen) atoms. The van der Waals surface area contributed by atoms with Crippen molar-refractivity contribution in [2.75, 3.05) is 7.11 Å². The lowest BCUT2D eigenvalue weighted by atomic mass is 9.96. The Balaban J connectivity index is 2.95. The van der Waals surface area contributed by atoms with E-state index in [-0.39, 0.29) is 30.6 Å². The SMILES string of the molecule is COC(=O)[C@H](CC(C)C)NC(=O)[C@@H](NC(=O)C[C@H](O)[C@H](CC(C)C)NC(=O)[C@H](C)NC(=O)[C@H](C)NC(=O)[C@H](Cc1ccccc1)NC(=O)OC(C)(C)C)C(C)C. The summed E-state index contributed by atoms with van der Waals surface area (Å²) in [4.78, 5) is 90.9. The fourth-order valence-electron chi connectivity index (χ4n) is 5.61. The summed E-state index contributed by atoms with van der Waals surface area (Å²) < 4.78 is 10.2. The molecule has 0 spiro atoms. The molecule has 0 aromatic heterocycles. The van der Waals surface area contributed by atoms with Crippen molar-refractivity contribution in [1.29, 1.82) is 0 Å². The molecule has 1 aromatic carbocycles. The van der Waals surface area contributed by atoms with Gasteiger partial charge in [0.1, 0.15) is 35.8 Å². The zero-order chi connectivity index (χ0) is 42.9. The van der Waals surface area contributed by atoms with Crippen LogP contribution in [0.15, 0.2) is 30.3 Å². The summed E-state index contributed by atoms with van der Waals surface area (Å²) in [5.74, 6) is -4.10.